The zero-order valence-corrected chi connectivity index (χ0v) is 14.8. The van der Waals surface area contributed by atoms with Crippen molar-refractivity contribution >= 4 is 0 Å². The van der Waals surface area contributed by atoms with Crippen LogP contribution in [0.3, 0.4) is 0 Å². The van der Waals surface area contributed by atoms with E-state index in [9.17, 15) is 14.3 Å². The number of aryl methyl sites for hydroxylation is 3. The summed E-state index contributed by atoms with van der Waals surface area (Å²) in [5, 5.41) is 18.9. The highest BCUT2D eigenvalue weighted by Crippen LogP contribution is 2.31. The van der Waals surface area contributed by atoms with Crippen LogP contribution in [0.4, 0.5) is 4.39 Å². The first-order valence-corrected chi connectivity index (χ1v) is 8.29. The zero-order chi connectivity index (χ0) is 19.0. The second-order valence-electron chi connectivity index (χ2n) is 6.53. The lowest BCUT2D eigenvalue weighted by atomic mass is 10.1. The largest absolute Gasteiger partial charge is 0.436 e. The SMILES string of the molecule is Cc1cc(C)c(Oc2nc(=O)n(C3CC(O)C(CO)O3)cc2F)c(C)c1. The molecular formula is C18H21FN2O5. The summed E-state index contributed by atoms with van der Waals surface area (Å²) in [7, 11) is 0. The van der Waals surface area contributed by atoms with E-state index in [1.54, 1.807) is 0 Å². The maximum atomic E-state index is 14.5. The molecule has 8 heteroatoms. The molecule has 1 saturated heterocycles. The molecule has 140 valence electrons. The van der Waals surface area contributed by atoms with Crippen LogP contribution in [0, 0.1) is 26.6 Å². The predicted molar refractivity (Wildman–Crippen MR) is 90.8 cm³/mol. The van der Waals surface area contributed by atoms with E-state index in [4.69, 9.17) is 14.6 Å². The molecule has 0 radical (unpaired) electrons. The minimum Gasteiger partial charge on any atom is -0.436 e. The Labute approximate surface area is 149 Å². The fourth-order valence-electron chi connectivity index (χ4n) is 3.18. The Balaban J connectivity index is 1.90. The first-order valence-electron chi connectivity index (χ1n) is 8.29. The molecule has 1 aromatic heterocycles. The third-order valence-electron chi connectivity index (χ3n) is 4.37. The number of aliphatic hydroxyl groups is 2. The first-order chi connectivity index (χ1) is 12.3. The molecule has 0 aliphatic carbocycles. The summed E-state index contributed by atoms with van der Waals surface area (Å²) in [5.74, 6) is -0.792. The van der Waals surface area contributed by atoms with Crippen LogP contribution in [0.2, 0.25) is 0 Å². The van der Waals surface area contributed by atoms with Gasteiger partial charge in [0.2, 0.25) is 5.82 Å². The van der Waals surface area contributed by atoms with Gasteiger partial charge in [0.1, 0.15) is 18.1 Å². The summed E-state index contributed by atoms with van der Waals surface area (Å²) < 4.78 is 26.4. The van der Waals surface area contributed by atoms with Crippen LogP contribution in [0.15, 0.2) is 23.1 Å². The van der Waals surface area contributed by atoms with Gasteiger partial charge in [-0.2, -0.15) is 9.37 Å². The monoisotopic (exact) mass is 364 g/mol. The van der Waals surface area contributed by atoms with E-state index >= 15 is 0 Å². The predicted octanol–water partition coefficient (Wildman–Crippen LogP) is 1.74. The number of benzene rings is 1. The van der Waals surface area contributed by atoms with Crippen molar-refractivity contribution in [2.45, 2.75) is 45.6 Å². The van der Waals surface area contributed by atoms with Gasteiger partial charge in [0, 0.05) is 6.42 Å². The molecule has 1 aromatic carbocycles. The van der Waals surface area contributed by atoms with E-state index in [1.165, 1.54) is 0 Å². The summed E-state index contributed by atoms with van der Waals surface area (Å²) in [6, 6.07) is 3.79. The van der Waals surface area contributed by atoms with Crippen molar-refractivity contribution in [2.75, 3.05) is 6.61 Å². The number of hydrogen-bond acceptors (Lipinski definition) is 6. The van der Waals surface area contributed by atoms with Crippen molar-refractivity contribution in [3.8, 4) is 11.6 Å². The van der Waals surface area contributed by atoms with Gasteiger partial charge in [-0.05, 0) is 31.9 Å². The van der Waals surface area contributed by atoms with Crippen molar-refractivity contribution in [2.24, 2.45) is 0 Å². The van der Waals surface area contributed by atoms with Crippen LogP contribution in [-0.4, -0.2) is 38.6 Å². The summed E-state index contributed by atoms with van der Waals surface area (Å²) >= 11 is 0. The number of halogens is 1. The topological polar surface area (TPSA) is 93.8 Å². The van der Waals surface area contributed by atoms with Crippen LogP contribution >= 0.6 is 0 Å². The molecule has 3 rings (SSSR count). The molecule has 7 nitrogen and oxygen atoms in total. The normalized spacial score (nSPS) is 22.6. The molecule has 0 spiro atoms. The molecule has 0 bridgehead atoms. The molecule has 2 heterocycles. The number of nitrogens with zero attached hydrogens (tertiary/aromatic N) is 2. The van der Waals surface area contributed by atoms with Crippen molar-refractivity contribution in [3.63, 3.8) is 0 Å². The summed E-state index contributed by atoms with van der Waals surface area (Å²) in [6.45, 7) is 5.21. The van der Waals surface area contributed by atoms with Crippen LogP contribution < -0.4 is 10.4 Å². The van der Waals surface area contributed by atoms with E-state index in [1.807, 2.05) is 32.9 Å². The lowest BCUT2D eigenvalue weighted by Crippen LogP contribution is -2.28. The van der Waals surface area contributed by atoms with Crippen LogP contribution in [0.1, 0.15) is 29.3 Å². The van der Waals surface area contributed by atoms with Crippen LogP contribution in [-0.2, 0) is 4.74 Å². The van der Waals surface area contributed by atoms with E-state index in [-0.39, 0.29) is 6.42 Å². The second kappa shape index (κ2) is 7.14. The minimum absolute atomic E-state index is 0.0582. The molecule has 0 saturated carbocycles. The Hall–Kier alpha value is -2.29. The van der Waals surface area contributed by atoms with Crippen molar-refractivity contribution in [3.05, 3.63) is 51.3 Å². The average molecular weight is 364 g/mol. The maximum absolute atomic E-state index is 14.5. The third kappa shape index (κ3) is 3.48. The van der Waals surface area contributed by atoms with E-state index in [0.29, 0.717) is 5.75 Å². The van der Waals surface area contributed by atoms with Gasteiger partial charge in [0.25, 0.3) is 5.88 Å². The van der Waals surface area contributed by atoms with Crippen molar-refractivity contribution in [1.29, 1.82) is 0 Å². The van der Waals surface area contributed by atoms with Gasteiger partial charge in [-0.15, -0.1) is 0 Å². The Morgan fingerprint density at radius 1 is 1.35 bits per heavy atom. The van der Waals surface area contributed by atoms with Gasteiger partial charge < -0.3 is 19.7 Å². The number of aromatic nitrogens is 2. The van der Waals surface area contributed by atoms with Gasteiger partial charge >= 0.3 is 5.69 Å². The molecule has 2 N–H and O–H groups in total. The molecule has 0 amide bonds. The van der Waals surface area contributed by atoms with Crippen LogP contribution in [0.25, 0.3) is 0 Å². The molecule has 3 unspecified atom stereocenters. The quantitative estimate of drug-likeness (QED) is 0.858. The Morgan fingerprint density at radius 3 is 2.58 bits per heavy atom. The molecule has 2 aromatic rings. The summed E-state index contributed by atoms with van der Waals surface area (Å²) in [4.78, 5) is 16.0. The third-order valence-corrected chi connectivity index (χ3v) is 4.37. The average Bonchev–Trinajstić information content (AvgIpc) is 2.94. The highest BCUT2D eigenvalue weighted by Gasteiger charge is 2.35. The second-order valence-corrected chi connectivity index (χ2v) is 6.53. The highest BCUT2D eigenvalue weighted by atomic mass is 19.1. The van der Waals surface area contributed by atoms with E-state index < -0.39 is 42.4 Å². The molecule has 1 aliphatic rings. The number of rotatable bonds is 4. The maximum Gasteiger partial charge on any atom is 0.353 e. The Kier molecular flexibility index (Phi) is 5.08. The molecule has 1 fully saturated rings. The lowest BCUT2D eigenvalue weighted by molar-refractivity contribution is -0.0462. The number of ether oxygens (including phenoxy) is 2. The lowest BCUT2D eigenvalue weighted by Gasteiger charge is -2.16. The Morgan fingerprint density at radius 2 is 2.00 bits per heavy atom. The molecular weight excluding hydrogens is 343 g/mol. The van der Waals surface area contributed by atoms with Gasteiger partial charge in [0.15, 0.2) is 0 Å². The van der Waals surface area contributed by atoms with Gasteiger partial charge in [0.05, 0.1) is 18.9 Å². The summed E-state index contributed by atoms with van der Waals surface area (Å²) in [6.07, 6.45) is -1.64. The smallest absolute Gasteiger partial charge is 0.353 e. The molecule has 3 atom stereocenters. The fourth-order valence-corrected chi connectivity index (χ4v) is 3.18. The number of aliphatic hydroxyl groups excluding tert-OH is 2. The highest BCUT2D eigenvalue weighted by molar-refractivity contribution is 5.44. The van der Waals surface area contributed by atoms with Crippen LogP contribution in [0.5, 0.6) is 11.6 Å². The summed E-state index contributed by atoms with van der Waals surface area (Å²) in [5.41, 5.74) is 1.90. The Bertz CT molecular complexity index is 859. The van der Waals surface area contributed by atoms with Crippen molar-refractivity contribution in [1.82, 2.24) is 9.55 Å². The molecule has 1 aliphatic heterocycles. The van der Waals surface area contributed by atoms with Crippen molar-refractivity contribution < 1.29 is 24.1 Å². The fraction of sp³-hybridized carbons (Fsp3) is 0.444. The van der Waals surface area contributed by atoms with Gasteiger partial charge in [-0.25, -0.2) is 4.79 Å². The number of hydrogen-bond donors (Lipinski definition) is 2. The van der Waals surface area contributed by atoms with Gasteiger partial charge in [-0.3, -0.25) is 4.57 Å². The minimum atomic E-state index is -0.936. The van der Waals surface area contributed by atoms with E-state index in [2.05, 4.69) is 4.98 Å². The molecule has 26 heavy (non-hydrogen) atoms. The zero-order valence-electron chi connectivity index (χ0n) is 14.8. The van der Waals surface area contributed by atoms with Gasteiger partial charge in [-0.1, -0.05) is 17.7 Å². The first kappa shape index (κ1) is 18.5. The van der Waals surface area contributed by atoms with E-state index in [0.717, 1.165) is 27.5 Å². The standard InChI is InChI=1S/C18H21FN2O5/c1-9-4-10(2)16(11(3)5-9)26-17-12(19)7-21(18(24)20-17)15-6-13(23)14(8-22)25-15/h4-5,7,13-15,22-23H,6,8H2,1-3H3.